The number of para-hydroxylation sites is 1. The largest absolute Gasteiger partial charge is 0.462 e. The molecular weight excluding hydrogens is 358 g/mol. The van der Waals surface area contributed by atoms with Gasteiger partial charge in [-0.25, -0.2) is 0 Å². The van der Waals surface area contributed by atoms with E-state index >= 15 is 0 Å². The third kappa shape index (κ3) is 3.65. The number of halogens is 1. The van der Waals surface area contributed by atoms with Crippen molar-refractivity contribution in [1.82, 2.24) is 0 Å². The number of esters is 1. The molecule has 0 N–H and O–H groups in total. The maximum Gasteiger partial charge on any atom is 0.314 e. The highest BCUT2D eigenvalue weighted by molar-refractivity contribution is 6.30. The number of nitro groups is 1. The standard InChI is InChI=1S/C19H18ClNO5/c1-11(2)25-19(22)18-14-9-12(20)7-8-17(14)26-16-6-4-3-5-13(16)15(18)10-21(23)24/h3-9,11,15,18H,10H2,1-2H3. The summed E-state index contributed by atoms with van der Waals surface area (Å²) >= 11 is 6.13. The Balaban J connectivity index is 2.22. The highest BCUT2D eigenvalue weighted by atomic mass is 35.5. The molecule has 2 aromatic rings. The summed E-state index contributed by atoms with van der Waals surface area (Å²) in [5, 5.41) is 11.8. The van der Waals surface area contributed by atoms with Crippen LogP contribution >= 0.6 is 11.6 Å². The van der Waals surface area contributed by atoms with Gasteiger partial charge in [0.05, 0.1) is 17.9 Å². The van der Waals surface area contributed by atoms with Gasteiger partial charge in [0, 0.05) is 21.1 Å². The van der Waals surface area contributed by atoms with Crippen LogP contribution in [-0.4, -0.2) is 23.5 Å². The Morgan fingerprint density at radius 1 is 1.23 bits per heavy atom. The minimum absolute atomic E-state index is 0.346. The van der Waals surface area contributed by atoms with Crippen molar-refractivity contribution in [3.63, 3.8) is 0 Å². The first kappa shape index (κ1) is 18.2. The van der Waals surface area contributed by atoms with Gasteiger partial charge in [-0.1, -0.05) is 29.8 Å². The Morgan fingerprint density at radius 2 is 1.92 bits per heavy atom. The van der Waals surface area contributed by atoms with Crippen LogP contribution in [0.15, 0.2) is 42.5 Å². The molecular formula is C19H18ClNO5. The highest BCUT2D eigenvalue weighted by Gasteiger charge is 2.41. The second kappa shape index (κ2) is 7.33. The molecule has 1 heterocycles. The molecule has 0 fully saturated rings. The van der Waals surface area contributed by atoms with Gasteiger partial charge < -0.3 is 9.47 Å². The molecule has 0 spiro atoms. The van der Waals surface area contributed by atoms with E-state index in [0.717, 1.165) is 0 Å². The van der Waals surface area contributed by atoms with Crippen LogP contribution in [0, 0.1) is 10.1 Å². The van der Waals surface area contributed by atoms with Crippen molar-refractivity contribution < 1.29 is 19.2 Å². The van der Waals surface area contributed by atoms with Crippen LogP contribution in [0.2, 0.25) is 5.02 Å². The van der Waals surface area contributed by atoms with Crippen LogP contribution in [0.5, 0.6) is 11.5 Å². The number of nitrogens with zero attached hydrogens (tertiary/aromatic N) is 1. The molecule has 0 bridgehead atoms. The van der Waals surface area contributed by atoms with E-state index in [-0.39, 0.29) is 6.10 Å². The normalized spacial score (nSPS) is 18.3. The van der Waals surface area contributed by atoms with Crippen LogP contribution in [0.3, 0.4) is 0 Å². The van der Waals surface area contributed by atoms with Crippen LogP contribution in [0.25, 0.3) is 0 Å². The van der Waals surface area contributed by atoms with Gasteiger partial charge in [0.2, 0.25) is 6.54 Å². The van der Waals surface area contributed by atoms with Gasteiger partial charge in [-0.05, 0) is 38.1 Å². The van der Waals surface area contributed by atoms with Crippen LogP contribution < -0.4 is 4.74 Å². The van der Waals surface area contributed by atoms with E-state index in [2.05, 4.69) is 0 Å². The third-order valence-corrected chi connectivity index (χ3v) is 4.43. The molecule has 2 atom stereocenters. The second-order valence-electron chi connectivity index (χ2n) is 6.41. The van der Waals surface area contributed by atoms with Gasteiger partial charge in [0.25, 0.3) is 0 Å². The summed E-state index contributed by atoms with van der Waals surface area (Å²) < 4.78 is 11.4. The Hall–Kier alpha value is -2.60. The quantitative estimate of drug-likeness (QED) is 0.445. The molecule has 0 aromatic heterocycles. The molecule has 26 heavy (non-hydrogen) atoms. The maximum absolute atomic E-state index is 12.9. The fraction of sp³-hybridized carbons (Fsp3) is 0.316. The van der Waals surface area contributed by atoms with Crippen molar-refractivity contribution in [2.45, 2.75) is 31.8 Å². The van der Waals surface area contributed by atoms with Crippen molar-refractivity contribution >= 4 is 17.6 Å². The van der Waals surface area contributed by atoms with Crippen LogP contribution in [0.4, 0.5) is 0 Å². The smallest absolute Gasteiger partial charge is 0.314 e. The van der Waals surface area contributed by atoms with Gasteiger partial charge in [0.1, 0.15) is 11.5 Å². The number of rotatable bonds is 4. The zero-order valence-electron chi connectivity index (χ0n) is 14.3. The molecule has 0 saturated carbocycles. The molecule has 0 amide bonds. The number of hydrogen-bond donors (Lipinski definition) is 0. The summed E-state index contributed by atoms with van der Waals surface area (Å²) in [5.74, 6) is -1.22. The average Bonchev–Trinajstić information content (AvgIpc) is 2.68. The number of carbonyl (C=O) groups excluding carboxylic acids is 1. The molecule has 6 nitrogen and oxygen atoms in total. The van der Waals surface area contributed by atoms with E-state index < -0.39 is 29.3 Å². The number of fused-ring (bicyclic) bond motifs is 2. The van der Waals surface area contributed by atoms with E-state index in [1.807, 2.05) is 0 Å². The minimum Gasteiger partial charge on any atom is -0.462 e. The fourth-order valence-corrected chi connectivity index (χ4v) is 3.39. The van der Waals surface area contributed by atoms with E-state index in [9.17, 15) is 14.9 Å². The lowest BCUT2D eigenvalue weighted by molar-refractivity contribution is -0.483. The van der Waals surface area contributed by atoms with Crippen molar-refractivity contribution in [2.75, 3.05) is 6.54 Å². The van der Waals surface area contributed by atoms with E-state index in [1.54, 1.807) is 56.3 Å². The van der Waals surface area contributed by atoms with Crippen LogP contribution in [-0.2, 0) is 9.53 Å². The lowest BCUT2D eigenvalue weighted by Crippen LogP contribution is -2.28. The molecule has 0 saturated heterocycles. The van der Waals surface area contributed by atoms with Crippen molar-refractivity contribution in [2.24, 2.45) is 0 Å². The SMILES string of the molecule is CC(C)OC(=O)C1c2cc(Cl)ccc2Oc2ccccc2C1C[N+](=O)[O-]. The number of carbonyl (C=O) groups is 1. The van der Waals surface area contributed by atoms with E-state index in [1.165, 1.54) is 0 Å². The van der Waals surface area contributed by atoms with Gasteiger partial charge in [-0.15, -0.1) is 0 Å². The summed E-state index contributed by atoms with van der Waals surface area (Å²) in [6.45, 7) is 3.05. The maximum atomic E-state index is 12.9. The fourth-order valence-electron chi connectivity index (χ4n) is 3.21. The van der Waals surface area contributed by atoms with Gasteiger partial charge >= 0.3 is 5.97 Å². The highest BCUT2D eigenvalue weighted by Crippen LogP contribution is 2.47. The van der Waals surface area contributed by atoms with Gasteiger partial charge in [0.15, 0.2) is 0 Å². The molecule has 0 aliphatic carbocycles. The monoisotopic (exact) mass is 375 g/mol. The number of ether oxygens (including phenoxy) is 2. The average molecular weight is 376 g/mol. The summed E-state index contributed by atoms with van der Waals surface area (Å²) in [6, 6.07) is 12.0. The molecule has 2 unspecified atom stereocenters. The van der Waals surface area contributed by atoms with Gasteiger partial charge in [-0.3, -0.25) is 14.9 Å². The van der Waals surface area contributed by atoms with E-state index in [0.29, 0.717) is 27.6 Å². The second-order valence-corrected chi connectivity index (χ2v) is 6.84. The third-order valence-electron chi connectivity index (χ3n) is 4.20. The minimum atomic E-state index is -0.889. The molecule has 1 aliphatic heterocycles. The Morgan fingerprint density at radius 3 is 2.62 bits per heavy atom. The van der Waals surface area contributed by atoms with Gasteiger partial charge in [-0.2, -0.15) is 0 Å². The predicted molar refractivity (Wildman–Crippen MR) is 96.5 cm³/mol. The first-order chi connectivity index (χ1) is 12.4. The molecule has 3 rings (SSSR count). The molecule has 0 radical (unpaired) electrons. The molecule has 2 aromatic carbocycles. The lowest BCUT2D eigenvalue weighted by Gasteiger charge is -2.23. The predicted octanol–water partition coefficient (Wildman–Crippen LogP) is 4.54. The van der Waals surface area contributed by atoms with Crippen molar-refractivity contribution in [1.29, 1.82) is 0 Å². The first-order valence-corrected chi connectivity index (χ1v) is 8.63. The van der Waals surface area contributed by atoms with Crippen molar-refractivity contribution in [3.8, 4) is 11.5 Å². The molecule has 7 heteroatoms. The zero-order valence-corrected chi connectivity index (χ0v) is 15.1. The zero-order chi connectivity index (χ0) is 18.8. The summed E-state index contributed by atoms with van der Waals surface area (Å²) in [5.41, 5.74) is 1.09. The lowest BCUT2D eigenvalue weighted by atomic mass is 9.81. The Kier molecular flexibility index (Phi) is 5.13. The molecule has 136 valence electrons. The summed E-state index contributed by atoms with van der Waals surface area (Å²) in [7, 11) is 0. The summed E-state index contributed by atoms with van der Waals surface area (Å²) in [4.78, 5) is 23.8. The topological polar surface area (TPSA) is 78.7 Å². The van der Waals surface area contributed by atoms with Crippen LogP contribution in [0.1, 0.15) is 36.8 Å². The van der Waals surface area contributed by atoms with Crippen molar-refractivity contribution in [3.05, 3.63) is 68.7 Å². The summed E-state index contributed by atoms with van der Waals surface area (Å²) in [6.07, 6.45) is -0.346. The Bertz CT molecular complexity index is 852. The molecule has 1 aliphatic rings. The number of hydrogen-bond acceptors (Lipinski definition) is 5. The number of benzene rings is 2. The van der Waals surface area contributed by atoms with E-state index in [4.69, 9.17) is 21.1 Å². The first-order valence-electron chi connectivity index (χ1n) is 8.25. The Labute approximate surface area is 155 Å².